The number of hydrogen-bond donors (Lipinski definition) is 2. The highest BCUT2D eigenvalue weighted by molar-refractivity contribution is 7.99. The van der Waals surface area contributed by atoms with Gasteiger partial charge < -0.3 is 0 Å². The number of thioether (sulfide) groups is 1. The molecule has 0 aliphatic heterocycles. The van der Waals surface area contributed by atoms with Gasteiger partial charge >= 0.3 is 0 Å². The summed E-state index contributed by atoms with van der Waals surface area (Å²) in [6.07, 6.45) is 0. The van der Waals surface area contributed by atoms with Crippen LogP contribution in [0.15, 0.2) is 76.7 Å². The van der Waals surface area contributed by atoms with Gasteiger partial charge in [0, 0.05) is 5.56 Å². The highest BCUT2D eigenvalue weighted by atomic mass is 35.5. The Bertz CT molecular complexity index is 1460. The zero-order valence-electron chi connectivity index (χ0n) is 17.8. The van der Waals surface area contributed by atoms with E-state index >= 15 is 0 Å². The molecule has 0 unspecified atom stereocenters. The molecule has 4 rings (SSSR count). The second-order valence-electron chi connectivity index (χ2n) is 7.31. The van der Waals surface area contributed by atoms with E-state index in [0.29, 0.717) is 22.2 Å². The number of rotatable bonds is 5. The Morgan fingerprint density at radius 2 is 1.79 bits per heavy atom. The highest BCUT2D eigenvalue weighted by Crippen LogP contribution is 2.24. The van der Waals surface area contributed by atoms with Crippen molar-refractivity contribution in [2.75, 3.05) is 5.75 Å². The topological polar surface area (TPSA) is 93.1 Å². The number of hydrogen-bond acceptors (Lipinski definition) is 5. The summed E-state index contributed by atoms with van der Waals surface area (Å²) in [6, 6.07) is 17.5. The van der Waals surface area contributed by atoms with E-state index in [1.807, 2.05) is 6.92 Å². The first-order chi connectivity index (χ1) is 16.3. The molecule has 0 aliphatic rings. The number of carbonyl (C=O) groups is 2. The Morgan fingerprint density at radius 3 is 2.53 bits per heavy atom. The molecule has 0 aliphatic carbocycles. The Morgan fingerprint density at radius 1 is 1.06 bits per heavy atom. The monoisotopic (exact) mass is 496 g/mol. The molecular formula is C24H18ClFN4O3S. The van der Waals surface area contributed by atoms with E-state index in [9.17, 15) is 18.8 Å². The van der Waals surface area contributed by atoms with Crippen molar-refractivity contribution in [2.24, 2.45) is 0 Å². The van der Waals surface area contributed by atoms with Crippen LogP contribution >= 0.6 is 23.4 Å². The first-order valence-electron chi connectivity index (χ1n) is 10.1. The van der Waals surface area contributed by atoms with E-state index < -0.39 is 17.6 Å². The number of nitrogens with zero attached hydrogens (tertiary/aromatic N) is 2. The van der Waals surface area contributed by atoms with Crippen LogP contribution in [0.4, 0.5) is 4.39 Å². The standard InChI is InChI=1S/C24H18ClFN4O3S/c1-14-6-8-15(9-7-14)22(32)29-28-21(31)13-34-24-27-20-5-3-2-4-17(20)23(33)30(24)16-10-11-19(26)18(25)12-16/h2-12H,13H2,1H3,(H,28,31)(H,29,32). The molecule has 1 heterocycles. The summed E-state index contributed by atoms with van der Waals surface area (Å²) in [7, 11) is 0. The van der Waals surface area contributed by atoms with Gasteiger partial charge in [-0.3, -0.25) is 29.8 Å². The summed E-state index contributed by atoms with van der Waals surface area (Å²) >= 11 is 6.91. The third-order valence-corrected chi connectivity index (χ3v) is 6.10. The van der Waals surface area contributed by atoms with Crippen LogP contribution in [-0.2, 0) is 4.79 Å². The van der Waals surface area contributed by atoms with Gasteiger partial charge in [-0.25, -0.2) is 9.37 Å². The van der Waals surface area contributed by atoms with E-state index in [0.717, 1.165) is 23.4 Å². The predicted molar refractivity (Wildman–Crippen MR) is 130 cm³/mol. The third-order valence-electron chi connectivity index (χ3n) is 4.87. The highest BCUT2D eigenvalue weighted by Gasteiger charge is 2.16. The summed E-state index contributed by atoms with van der Waals surface area (Å²) in [5.41, 5.74) is 6.49. The zero-order chi connectivity index (χ0) is 24.2. The smallest absolute Gasteiger partial charge is 0.269 e. The van der Waals surface area contributed by atoms with Crippen molar-refractivity contribution in [3.63, 3.8) is 0 Å². The second kappa shape index (κ2) is 10.1. The first kappa shape index (κ1) is 23.5. The number of fused-ring (bicyclic) bond motifs is 1. The molecule has 2 amide bonds. The molecule has 0 radical (unpaired) electrons. The second-order valence-corrected chi connectivity index (χ2v) is 8.66. The molecule has 0 bridgehead atoms. The Labute approximate surface area is 202 Å². The summed E-state index contributed by atoms with van der Waals surface area (Å²) < 4.78 is 15.0. The van der Waals surface area contributed by atoms with E-state index in [4.69, 9.17) is 11.6 Å². The van der Waals surface area contributed by atoms with Crippen molar-refractivity contribution in [1.82, 2.24) is 20.4 Å². The predicted octanol–water partition coefficient (Wildman–Crippen LogP) is 4.04. The van der Waals surface area contributed by atoms with Gasteiger partial charge in [-0.05, 0) is 49.4 Å². The lowest BCUT2D eigenvalue weighted by molar-refractivity contribution is -0.119. The van der Waals surface area contributed by atoms with Crippen molar-refractivity contribution < 1.29 is 14.0 Å². The molecule has 0 spiro atoms. The summed E-state index contributed by atoms with van der Waals surface area (Å²) in [4.78, 5) is 42.3. The van der Waals surface area contributed by atoms with Gasteiger partial charge in [-0.15, -0.1) is 0 Å². The van der Waals surface area contributed by atoms with Gasteiger partial charge in [0.1, 0.15) is 5.82 Å². The van der Waals surface area contributed by atoms with Crippen LogP contribution in [0.1, 0.15) is 15.9 Å². The number of carbonyl (C=O) groups excluding carboxylic acids is 2. The number of hydrazine groups is 1. The molecule has 1 aromatic heterocycles. The maximum Gasteiger partial charge on any atom is 0.269 e. The Hall–Kier alpha value is -3.69. The van der Waals surface area contributed by atoms with Crippen molar-refractivity contribution in [3.05, 3.63) is 99.1 Å². The van der Waals surface area contributed by atoms with E-state index in [1.165, 1.54) is 16.7 Å². The van der Waals surface area contributed by atoms with Crippen LogP contribution in [0.3, 0.4) is 0 Å². The quantitative estimate of drug-likeness (QED) is 0.247. The van der Waals surface area contributed by atoms with Crippen LogP contribution in [-0.4, -0.2) is 27.1 Å². The molecular weight excluding hydrogens is 479 g/mol. The lowest BCUT2D eigenvalue weighted by atomic mass is 10.1. The molecule has 10 heteroatoms. The Kier molecular flexibility index (Phi) is 6.95. The summed E-state index contributed by atoms with van der Waals surface area (Å²) in [6.45, 7) is 1.90. The van der Waals surface area contributed by atoms with Gasteiger partial charge in [0.2, 0.25) is 5.91 Å². The Balaban J connectivity index is 1.55. The molecule has 7 nitrogen and oxygen atoms in total. The fraction of sp³-hybridized carbons (Fsp3) is 0.0833. The van der Waals surface area contributed by atoms with Crippen LogP contribution in [0.5, 0.6) is 0 Å². The summed E-state index contributed by atoms with van der Waals surface area (Å²) in [5.74, 6) is -1.73. The normalized spacial score (nSPS) is 10.8. The molecule has 0 saturated heterocycles. The van der Waals surface area contributed by atoms with E-state index in [1.54, 1.807) is 48.5 Å². The maximum atomic E-state index is 13.7. The molecule has 4 aromatic rings. The molecule has 3 aromatic carbocycles. The number of nitrogens with one attached hydrogen (secondary N) is 2. The first-order valence-corrected chi connectivity index (χ1v) is 11.5. The third kappa shape index (κ3) is 5.11. The number of amides is 2. The van der Waals surface area contributed by atoms with Crippen LogP contribution in [0.2, 0.25) is 5.02 Å². The van der Waals surface area contributed by atoms with Crippen molar-refractivity contribution in [3.8, 4) is 5.69 Å². The minimum Gasteiger partial charge on any atom is -0.272 e. The lowest BCUT2D eigenvalue weighted by Crippen LogP contribution is -2.42. The molecule has 0 atom stereocenters. The van der Waals surface area contributed by atoms with Crippen molar-refractivity contribution in [2.45, 2.75) is 12.1 Å². The fourth-order valence-corrected chi connectivity index (χ4v) is 4.12. The average molecular weight is 497 g/mol. The fourth-order valence-electron chi connectivity index (χ4n) is 3.13. The van der Waals surface area contributed by atoms with E-state index in [-0.39, 0.29) is 21.5 Å². The molecule has 2 N–H and O–H groups in total. The molecule has 0 fully saturated rings. The minimum atomic E-state index is -0.620. The van der Waals surface area contributed by atoms with Gasteiger partial charge in [0.15, 0.2) is 5.16 Å². The zero-order valence-corrected chi connectivity index (χ0v) is 19.4. The van der Waals surface area contributed by atoms with Crippen LogP contribution < -0.4 is 16.4 Å². The van der Waals surface area contributed by atoms with Gasteiger partial charge in [0.25, 0.3) is 11.5 Å². The minimum absolute atomic E-state index is 0.145. The van der Waals surface area contributed by atoms with E-state index in [2.05, 4.69) is 15.8 Å². The largest absolute Gasteiger partial charge is 0.272 e. The van der Waals surface area contributed by atoms with Crippen LogP contribution in [0, 0.1) is 12.7 Å². The van der Waals surface area contributed by atoms with Gasteiger partial charge in [-0.1, -0.05) is 53.2 Å². The summed E-state index contributed by atoms with van der Waals surface area (Å²) in [5, 5.41) is 0.429. The maximum absolute atomic E-state index is 13.7. The molecule has 0 saturated carbocycles. The SMILES string of the molecule is Cc1ccc(C(=O)NNC(=O)CSc2nc3ccccc3c(=O)n2-c2ccc(F)c(Cl)c2)cc1. The molecule has 172 valence electrons. The average Bonchev–Trinajstić information content (AvgIpc) is 2.83. The number of benzene rings is 3. The number of aromatic nitrogens is 2. The van der Waals surface area contributed by atoms with Crippen LogP contribution in [0.25, 0.3) is 16.6 Å². The molecule has 34 heavy (non-hydrogen) atoms. The van der Waals surface area contributed by atoms with Gasteiger partial charge in [0.05, 0.1) is 27.4 Å². The van der Waals surface area contributed by atoms with Crippen molar-refractivity contribution in [1.29, 1.82) is 0 Å². The number of halogens is 2. The van der Waals surface area contributed by atoms with Gasteiger partial charge in [-0.2, -0.15) is 0 Å². The van der Waals surface area contributed by atoms with Crippen molar-refractivity contribution >= 4 is 46.1 Å². The number of aryl methyl sites for hydroxylation is 1. The number of para-hydroxylation sites is 1. The lowest BCUT2D eigenvalue weighted by Gasteiger charge is -2.14.